The Balaban J connectivity index is 2.15. The molecule has 3 heteroatoms. The molecule has 1 heterocycles. The van der Waals surface area contributed by atoms with Crippen LogP contribution in [0.15, 0.2) is 29.6 Å². The first kappa shape index (κ1) is 13.0. The molecule has 18 heavy (non-hydrogen) atoms. The number of benzene rings is 1. The minimum Gasteiger partial charge on any atom is -0.303 e. The Bertz CT molecular complexity index is 514. The van der Waals surface area contributed by atoms with E-state index >= 15 is 0 Å². The van der Waals surface area contributed by atoms with Gasteiger partial charge in [-0.05, 0) is 17.9 Å². The molecule has 1 aromatic heterocycles. The molecule has 0 atom stereocenters. The van der Waals surface area contributed by atoms with Crippen molar-refractivity contribution >= 4 is 17.6 Å². The lowest BCUT2D eigenvalue weighted by molar-refractivity contribution is -0.107. The molecule has 0 amide bonds. The van der Waals surface area contributed by atoms with Crippen LogP contribution in [0, 0.1) is 5.92 Å². The molecule has 0 N–H and O–H groups in total. The second kappa shape index (κ2) is 5.91. The topological polar surface area (TPSA) is 30.0 Å². The Labute approximate surface area is 112 Å². The third-order valence-electron chi connectivity index (χ3n) is 2.70. The van der Waals surface area contributed by atoms with Gasteiger partial charge in [0.15, 0.2) is 0 Å². The van der Waals surface area contributed by atoms with Crippen molar-refractivity contribution in [3.05, 3.63) is 40.2 Å². The first-order chi connectivity index (χ1) is 8.69. The summed E-state index contributed by atoms with van der Waals surface area (Å²) in [5, 5.41) is 2.89. The highest BCUT2D eigenvalue weighted by molar-refractivity contribution is 7.10. The van der Waals surface area contributed by atoms with E-state index < -0.39 is 0 Å². The summed E-state index contributed by atoms with van der Waals surface area (Å²) in [6, 6.07) is 8.54. The fraction of sp³-hybridized carbons (Fsp3) is 0.333. The van der Waals surface area contributed by atoms with Gasteiger partial charge in [-0.2, -0.15) is 0 Å². The third kappa shape index (κ3) is 3.26. The van der Waals surface area contributed by atoms with Crippen LogP contribution in [0.4, 0.5) is 0 Å². The number of thiazole rings is 1. The summed E-state index contributed by atoms with van der Waals surface area (Å²) in [5.74, 6) is 0.675. The molecule has 0 spiro atoms. The molecule has 0 fully saturated rings. The van der Waals surface area contributed by atoms with Gasteiger partial charge in [-0.1, -0.05) is 38.1 Å². The Morgan fingerprint density at radius 3 is 2.61 bits per heavy atom. The molecule has 2 rings (SSSR count). The van der Waals surface area contributed by atoms with Crippen molar-refractivity contribution in [2.24, 2.45) is 5.92 Å². The fourth-order valence-electron chi connectivity index (χ4n) is 1.89. The lowest BCUT2D eigenvalue weighted by atomic mass is 10.0. The highest BCUT2D eigenvalue weighted by atomic mass is 32.1. The van der Waals surface area contributed by atoms with Gasteiger partial charge >= 0.3 is 0 Å². The molecule has 1 aromatic carbocycles. The second-order valence-electron chi connectivity index (χ2n) is 4.79. The molecular formula is C15H17NOS. The van der Waals surface area contributed by atoms with Crippen LogP contribution >= 0.6 is 11.3 Å². The zero-order valence-electron chi connectivity index (χ0n) is 10.7. The molecule has 0 aliphatic carbocycles. The van der Waals surface area contributed by atoms with Crippen molar-refractivity contribution in [2.45, 2.75) is 26.7 Å². The highest BCUT2D eigenvalue weighted by Crippen LogP contribution is 2.23. The van der Waals surface area contributed by atoms with E-state index in [1.54, 1.807) is 11.3 Å². The van der Waals surface area contributed by atoms with Crippen LogP contribution in [-0.2, 0) is 17.6 Å². The first-order valence-electron chi connectivity index (χ1n) is 6.16. The quantitative estimate of drug-likeness (QED) is 0.765. The lowest BCUT2D eigenvalue weighted by Crippen LogP contribution is -1.93. The molecule has 2 aromatic rings. The number of aldehydes is 1. The van der Waals surface area contributed by atoms with Crippen LogP contribution in [0.25, 0.3) is 11.3 Å². The van der Waals surface area contributed by atoms with E-state index in [1.165, 1.54) is 5.56 Å². The van der Waals surface area contributed by atoms with E-state index in [2.05, 4.69) is 43.1 Å². The van der Waals surface area contributed by atoms with Crippen molar-refractivity contribution in [1.29, 1.82) is 0 Å². The second-order valence-corrected chi connectivity index (χ2v) is 5.73. The average Bonchev–Trinajstić information content (AvgIpc) is 2.78. The van der Waals surface area contributed by atoms with E-state index in [9.17, 15) is 4.79 Å². The summed E-state index contributed by atoms with van der Waals surface area (Å²) in [5.41, 5.74) is 3.45. The summed E-state index contributed by atoms with van der Waals surface area (Å²) in [4.78, 5) is 14.9. The van der Waals surface area contributed by atoms with Crippen LogP contribution in [0.1, 0.15) is 24.4 Å². The molecule has 94 valence electrons. The average molecular weight is 259 g/mol. The van der Waals surface area contributed by atoms with Crippen molar-refractivity contribution < 1.29 is 4.79 Å². The van der Waals surface area contributed by atoms with Crippen molar-refractivity contribution in [2.75, 3.05) is 0 Å². The van der Waals surface area contributed by atoms with Crippen LogP contribution < -0.4 is 0 Å². The number of hydrogen-bond donors (Lipinski definition) is 0. The summed E-state index contributed by atoms with van der Waals surface area (Å²) in [7, 11) is 0. The van der Waals surface area contributed by atoms with Crippen molar-refractivity contribution in [3.8, 4) is 11.3 Å². The molecule has 0 aliphatic heterocycles. The third-order valence-corrected chi connectivity index (χ3v) is 3.57. The molecular weight excluding hydrogens is 242 g/mol. The molecule has 0 radical (unpaired) electrons. The zero-order chi connectivity index (χ0) is 13.0. The normalized spacial score (nSPS) is 10.8. The molecule has 0 saturated carbocycles. The number of carbonyl (C=O) groups excluding carboxylic acids is 1. The number of hydrogen-bond acceptors (Lipinski definition) is 3. The summed E-state index contributed by atoms with van der Waals surface area (Å²) in [6.07, 6.45) is 2.41. The van der Waals surface area contributed by atoms with Gasteiger partial charge < -0.3 is 4.79 Å². The number of rotatable bonds is 5. The molecule has 0 aliphatic rings. The van der Waals surface area contributed by atoms with Gasteiger partial charge in [0, 0.05) is 10.9 Å². The van der Waals surface area contributed by atoms with E-state index in [1.807, 2.05) is 5.38 Å². The summed E-state index contributed by atoms with van der Waals surface area (Å²) >= 11 is 1.54. The molecule has 0 unspecified atom stereocenters. The number of aromatic nitrogens is 1. The Hall–Kier alpha value is -1.48. The van der Waals surface area contributed by atoms with E-state index in [0.717, 1.165) is 29.0 Å². The van der Waals surface area contributed by atoms with Gasteiger partial charge in [-0.15, -0.1) is 11.3 Å². The highest BCUT2D eigenvalue weighted by Gasteiger charge is 2.04. The van der Waals surface area contributed by atoms with Gasteiger partial charge in [-0.25, -0.2) is 4.98 Å². The zero-order valence-corrected chi connectivity index (χ0v) is 11.5. The smallest absolute Gasteiger partial charge is 0.126 e. The SMILES string of the molecule is CC(C)Cc1ccc(-c2csc(CC=O)n2)cc1. The van der Waals surface area contributed by atoms with Crippen LogP contribution in [-0.4, -0.2) is 11.3 Å². The fourth-order valence-corrected chi connectivity index (χ4v) is 2.64. The molecule has 0 saturated heterocycles. The largest absolute Gasteiger partial charge is 0.303 e. The maximum absolute atomic E-state index is 10.4. The van der Waals surface area contributed by atoms with Crippen LogP contribution in [0.2, 0.25) is 0 Å². The van der Waals surface area contributed by atoms with E-state index in [-0.39, 0.29) is 0 Å². The first-order valence-corrected chi connectivity index (χ1v) is 7.04. The lowest BCUT2D eigenvalue weighted by Gasteiger charge is -2.05. The maximum atomic E-state index is 10.4. The van der Waals surface area contributed by atoms with Gasteiger partial charge in [-0.3, -0.25) is 0 Å². The Morgan fingerprint density at radius 1 is 1.28 bits per heavy atom. The minimum atomic E-state index is 0.413. The predicted octanol–water partition coefficient (Wildman–Crippen LogP) is 3.75. The van der Waals surface area contributed by atoms with E-state index in [0.29, 0.717) is 12.3 Å². The molecule has 2 nitrogen and oxygen atoms in total. The van der Waals surface area contributed by atoms with Gasteiger partial charge in [0.25, 0.3) is 0 Å². The van der Waals surface area contributed by atoms with Crippen LogP contribution in [0.5, 0.6) is 0 Å². The van der Waals surface area contributed by atoms with Gasteiger partial charge in [0.05, 0.1) is 12.1 Å². The van der Waals surface area contributed by atoms with Gasteiger partial charge in [0.2, 0.25) is 0 Å². The van der Waals surface area contributed by atoms with Crippen LogP contribution in [0.3, 0.4) is 0 Å². The summed E-state index contributed by atoms with van der Waals surface area (Å²) < 4.78 is 0. The van der Waals surface area contributed by atoms with E-state index in [4.69, 9.17) is 0 Å². The standard InChI is InChI=1S/C15H17NOS/c1-11(2)9-12-3-5-13(6-4-12)14-10-18-15(16-14)7-8-17/h3-6,8,10-11H,7,9H2,1-2H3. The monoisotopic (exact) mass is 259 g/mol. The summed E-state index contributed by atoms with van der Waals surface area (Å²) in [6.45, 7) is 4.44. The van der Waals surface area contributed by atoms with Crippen molar-refractivity contribution in [1.82, 2.24) is 4.98 Å². The minimum absolute atomic E-state index is 0.413. The van der Waals surface area contributed by atoms with Crippen molar-refractivity contribution in [3.63, 3.8) is 0 Å². The number of carbonyl (C=O) groups is 1. The maximum Gasteiger partial charge on any atom is 0.126 e. The Kier molecular flexibility index (Phi) is 4.26. The Morgan fingerprint density at radius 2 is 2.00 bits per heavy atom. The number of nitrogens with zero attached hydrogens (tertiary/aromatic N) is 1. The predicted molar refractivity (Wildman–Crippen MR) is 75.9 cm³/mol. The molecule has 0 bridgehead atoms. The van der Waals surface area contributed by atoms with Gasteiger partial charge in [0.1, 0.15) is 11.3 Å².